The van der Waals surface area contributed by atoms with Gasteiger partial charge >= 0.3 is 5.66 Å². The number of hydrogen-bond donors (Lipinski definition) is 0. The van der Waals surface area contributed by atoms with E-state index in [0.29, 0.717) is 25.0 Å². The SMILES string of the molecule is CCC(CC)=C(OCOCCOC)C(F)(F)P(=O)(c1ccccc1)c1ccccc1. The summed E-state index contributed by atoms with van der Waals surface area (Å²) in [6.45, 7) is 3.71. The van der Waals surface area contributed by atoms with Crippen LogP contribution in [0.1, 0.15) is 26.7 Å². The Morgan fingerprint density at radius 1 is 0.900 bits per heavy atom. The molecule has 7 heteroatoms. The zero-order valence-corrected chi connectivity index (χ0v) is 18.5. The minimum absolute atomic E-state index is 0.0779. The summed E-state index contributed by atoms with van der Waals surface area (Å²) >= 11 is 0. The molecule has 0 spiro atoms. The minimum Gasteiger partial charge on any atom is -0.465 e. The summed E-state index contributed by atoms with van der Waals surface area (Å²) < 4.78 is 62.2. The van der Waals surface area contributed by atoms with Crippen molar-refractivity contribution in [2.45, 2.75) is 32.4 Å². The molecule has 2 aromatic rings. The van der Waals surface area contributed by atoms with Crippen LogP contribution in [0.4, 0.5) is 8.78 Å². The Hall–Kier alpha value is -2.01. The average molecular weight is 438 g/mol. The molecular formula is C23H29F2O4P. The Morgan fingerprint density at radius 2 is 1.40 bits per heavy atom. The summed E-state index contributed by atoms with van der Waals surface area (Å²) in [6, 6.07) is 15.8. The van der Waals surface area contributed by atoms with Gasteiger partial charge in [-0.1, -0.05) is 74.5 Å². The van der Waals surface area contributed by atoms with E-state index in [9.17, 15) is 4.57 Å². The second kappa shape index (κ2) is 11.4. The summed E-state index contributed by atoms with van der Waals surface area (Å²) in [7, 11) is -2.90. The van der Waals surface area contributed by atoms with Crippen LogP contribution in [0.3, 0.4) is 0 Å². The molecule has 0 aliphatic rings. The smallest absolute Gasteiger partial charge is 0.361 e. The molecular weight excluding hydrogens is 409 g/mol. The van der Waals surface area contributed by atoms with E-state index in [-0.39, 0.29) is 24.0 Å². The molecule has 164 valence electrons. The van der Waals surface area contributed by atoms with Gasteiger partial charge in [0.2, 0.25) is 7.14 Å². The van der Waals surface area contributed by atoms with E-state index in [1.165, 1.54) is 31.4 Å². The van der Waals surface area contributed by atoms with E-state index in [1.54, 1.807) is 50.2 Å². The highest BCUT2D eigenvalue weighted by Crippen LogP contribution is 2.62. The summed E-state index contributed by atoms with van der Waals surface area (Å²) in [5.41, 5.74) is -3.34. The molecule has 0 aliphatic heterocycles. The number of benzene rings is 2. The Kier molecular flexibility index (Phi) is 9.22. The third kappa shape index (κ3) is 5.18. The lowest BCUT2D eigenvalue weighted by Crippen LogP contribution is -2.34. The van der Waals surface area contributed by atoms with E-state index < -0.39 is 18.6 Å². The van der Waals surface area contributed by atoms with Crippen molar-refractivity contribution < 1.29 is 27.6 Å². The molecule has 0 radical (unpaired) electrons. The third-order valence-electron chi connectivity index (χ3n) is 4.80. The maximum Gasteiger partial charge on any atom is 0.361 e. The number of hydrogen-bond acceptors (Lipinski definition) is 4. The Balaban J connectivity index is 2.58. The van der Waals surface area contributed by atoms with E-state index >= 15 is 8.78 Å². The number of allylic oxidation sites excluding steroid dienone is 2. The molecule has 30 heavy (non-hydrogen) atoms. The van der Waals surface area contributed by atoms with Gasteiger partial charge in [-0.05, 0) is 18.4 Å². The van der Waals surface area contributed by atoms with Gasteiger partial charge < -0.3 is 18.8 Å². The minimum atomic E-state index is -4.42. The highest BCUT2D eigenvalue weighted by Gasteiger charge is 2.57. The van der Waals surface area contributed by atoms with Crippen molar-refractivity contribution in [3.8, 4) is 0 Å². The van der Waals surface area contributed by atoms with Gasteiger partial charge in [-0.2, -0.15) is 8.78 Å². The largest absolute Gasteiger partial charge is 0.465 e. The fraction of sp³-hybridized carbons (Fsp3) is 0.391. The van der Waals surface area contributed by atoms with Gasteiger partial charge in [-0.25, -0.2) is 0 Å². The van der Waals surface area contributed by atoms with Crippen molar-refractivity contribution in [2.75, 3.05) is 27.1 Å². The molecule has 2 aromatic carbocycles. The molecule has 0 aromatic heterocycles. The van der Waals surface area contributed by atoms with Gasteiger partial charge in [-0.15, -0.1) is 0 Å². The summed E-state index contributed by atoms with van der Waals surface area (Å²) in [5, 5.41) is 0.156. The molecule has 0 amide bonds. The van der Waals surface area contributed by atoms with Crippen LogP contribution in [0.5, 0.6) is 0 Å². The van der Waals surface area contributed by atoms with Crippen LogP contribution >= 0.6 is 7.14 Å². The maximum absolute atomic E-state index is 16.2. The van der Waals surface area contributed by atoms with Gasteiger partial charge in [-0.3, -0.25) is 0 Å². The number of ether oxygens (including phenoxy) is 3. The summed E-state index contributed by atoms with van der Waals surface area (Å²) in [6.07, 6.45) is 0.701. The molecule has 0 fully saturated rings. The normalized spacial score (nSPS) is 11.9. The predicted octanol–water partition coefficient (Wildman–Crippen LogP) is 5.30. The van der Waals surface area contributed by atoms with Crippen molar-refractivity contribution >= 4 is 17.8 Å². The van der Waals surface area contributed by atoms with Gasteiger partial charge in [0.1, 0.15) is 0 Å². The molecule has 0 saturated heterocycles. The van der Waals surface area contributed by atoms with Crippen molar-refractivity contribution in [2.24, 2.45) is 0 Å². The van der Waals surface area contributed by atoms with Crippen LogP contribution in [0.25, 0.3) is 0 Å². The van der Waals surface area contributed by atoms with Gasteiger partial charge in [0.25, 0.3) is 0 Å². The Morgan fingerprint density at radius 3 is 1.83 bits per heavy atom. The van der Waals surface area contributed by atoms with Crippen LogP contribution < -0.4 is 10.6 Å². The second-order valence-corrected chi connectivity index (χ2v) is 9.44. The zero-order valence-electron chi connectivity index (χ0n) is 17.6. The van der Waals surface area contributed by atoms with Gasteiger partial charge in [0, 0.05) is 17.7 Å². The highest BCUT2D eigenvalue weighted by molar-refractivity contribution is 7.79. The van der Waals surface area contributed by atoms with E-state index in [4.69, 9.17) is 14.2 Å². The van der Waals surface area contributed by atoms with E-state index in [1.807, 2.05) is 0 Å². The zero-order chi connectivity index (χ0) is 22.0. The summed E-state index contributed by atoms with van der Waals surface area (Å²) in [4.78, 5) is 0. The highest BCUT2D eigenvalue weighted by atomic mass is 31.2. The maximum atomic E-state index is 16.2. The van der Waals surface area contributed by atoms with Crippen LogP contribution in [0.15, 0.2) is 72.0 Å². The fourth-order valence-corrected chi connectivity index (χ4v) is 5.81. The lowest BCUT2D eigenvalue weighted by molar-refractivity contribution is -0.0680. The lowest BCUT2D eigenvalue weighted by atomic mass is 10.1. The topological polar surface area (TPSA) is 44.8 Å². The van der Waals surface area contributed by atoms with Crippen LogP contribution in [0, 0.1) is 0 Å². The first-order chi connectivity index (χ1) is 14.4. The first-order valence-corrected chi connectivity index (χ1v) is 11.6. The van der Waals surface area contributed by atoms with Crippen molar-refractivity contribution in [3.05, 3.63) is 72.0 Å². The molecule has 0 atom stereocenters. The molecule has 4 nitrogen and oxygen atoms in total. The molecule has 0 saturated carbocycles. The number of rotatable bonds is 12. The van der Waals surface area contributed by atoms with Crippen molar-refractivity contribution in [1.29, 1.82) is 0 Å². The molecule has 0 N–H and O–H groups in total. The first kappa shape index (κ1) is 24.3. The van der Waals surface area contributed by atoms with Crippen LogP contribution in [-0.4, -0.2) is 32.8 Å². The molecule has 2 rings (SSSR count). The molecule has 0 bridgehead atoms. The lowest BCUT2D eigenvalue weighted by Gasteiger charge is -2.31. The average Bonchev–Trinajstić information content (AvgIpc) is 2.78. The molecule has 0 aliphatic carbocycles. The third-order valence-corrected chi connectivity index (χ3v) is 7.85. The van der Waals surface area contributed by atoms with Gasteiger partial charge in [0.05, 0.1) is 13.2 Å². The first-order valence-electron chi connectivity index (χ1n) is 9.94. The number of methoxy groups -OCH3 is 1. The summed E-state index contributed by atoms with van der Waals surface area (Å²) in [5.74, 6) is -0.569. The van der Waals surface area contributed by atoms with Crippen molar-refractivity contribution in [1.82, 2.24) is 0 Å². The van der Waals surface area contributed by atoms with Crippen LogP contribution in [0.2, 0.25) is 0 Å². The molecule has 0 heterocycles. The Labute approximate surface area is 177 Å². The predicted molar refractivity (Wildman–Crippen MR) is 116 cm³/mol. The quantitative estimate of drug-likeness (QED) is 0.195. The van der Waals surface area contributed by atoms with Crippen molar-refractivity contribution in [3.63, 3.8) is 0 Å². The fourth-order valence-electron chi connectivity index (χ4n) is 3.17. The second-order valence-electron chi connectivity index (χ2n) is 6.62. The standard InChI is InChI=1S/C23H29F2O4P/c1-4-19(5-2)22(29-18-28-17-16-27-3)23(24,25)30(26,20-12-8-6-9-13-20)21-14-10-7-11-15-21/h6-15H,4-5,16-18H2,1-3H3. The van der Waals surface area contributed by atoms with Gasteiger partial charge in [0.15, 0.2) is 12.6 Å². The van der Waals surface area contributed by atoms with E-state index in [2.05, 4.69) is 0 Å². The number of halogens is 2. The van der Waals surface area contributed by atoms with E-state index in [0.717, 1.165) is 0 Å². The number of alkyl halides is 2. The monoisotopic (exact) mass is 438 g/mol. The molecule has 0 unspecified atom stereocenters. The van der Waals surface area contributed by atoms with Crippen LogP contribution in [-0.2, 0) is 18.8 Å². The Bertz CT molecular complexity index is 805.